The number of benzene rings is 1. The summed E-state index contributed by atoms with van der Waals surface area (Å²) in [6, 6.07) is 5.92. The van der Waals surface area contributed by atoms with Crippen LogP contribution in [0.15, 0.2) is 30.5 Å². The maximum absolute atomic E-state index is 12.9. The predicted octanol–water partition coefficient (Wildman–Crippen LogP) is 3.36. The van der Waals surface area contributed by atoms with E-state index in [0.29, 0.717) is 5.56 Å². The summed E-state index contributed by atoms with van der Waals surface area (Å²) >= 11 is 1.64. The summed E-state index contributed by atoms with van der Waals surface area (Å²) in [5, 5.41) is 14.7. The maximum Gasteiger partial charge on any atom is 0.123 e. The average molecular weight is 294 g/mol. The molecule has 3 nitrogen and oxygen atoms in total. The van der Waals surface area contributed by atoms with Gasteiger partial charge in [-0.25, -0.2) is 9.37 Å². The van der Waals surface area contributed by atoms with Crippen LogP contribution in [0.2, 0.25) is 0 Å². The molecule has 1 aromatic heterocycles. The number of halogens is 1. The summed E-state index contributed by atoms with van der Waals surface area (Å²) in [5.41, 5.74) is 0.707. The van der Waals surface area contributed by atoms with Crippen molar-refractivity contribution in [3.8, 4) is 0 Å². The fraction of sp³-hybridized carbons (Fsp3) is 0.400. The molecule has 3 atom stereocenters. The molecule has 0 saturated heterocycles. The number of nitrogens with one attached hydrogen (secondary N) is 1. The lowest BCUT2D eigenvalue weighted by Crippen LogP contribution is -2.33. The van der Waals surface area contributed by atoms with Gasteiger partial charge in [-0.05, 0) is 38.5 Å². The van der Waals surface area contributed by atoms with Gasteiger partial charge in [-0.1, -0.05) is 12.1 Å². The Bertz CT molecular complexity index is 555. The smallest absolute Gasteiger partial charge is 0.123 e. The molecule has 3 unspecified atom stereocenters. The quantitative estimate of drug-likeness (QED) is 0.888. The first-order valence-corrected chi connectivity index (χ1v) is 7.41. The fourth-order valence-corrected chi connectivity index (χ4v) is 2.89. The van der Waals surface area contributed by atoms with E-state index >= 15 is 0 Å². The number of aryl methyl sites for hydroxylation is 1. The minimum Gasteiger partial charge on any atom is -0.387 e. The highest BCUT2D eigenvalue weighted by Crippen LogP contribution is 2.23. The second kappa shape index (κ2) is 6.43. The average Bonchev–Trinajstić information content (AvgIpc) is 2.85. The largest absolute Gasteiger partial charge is 0.387 e. The van der Waals surface area contributed by atoms with E-state index in [9.17, 15) is 9.50 Å². The van der Waals surface area contributed by atoms with Gasteiger partial charge < -0.3 is 10.4 Å². The van der Waals surface area contributed by atoms with Crippen molar-refractivity contribution in [1.29, 1.82) is 0 Å². The Balaban J connectivity index is 2.00. The second-order valence-electron chi connectivity index (χ2n) is 4.96. The number of thiazole rings is 1. The zero-order valence-electron chi connectivity index (χ0n) is 11.8. The van der Waals surface area contributed by atoms with Gasteiger partial charge in [-0.3, -0.25) is 0 Å². The van der Waals surface area contributed by atoms with Gasteiger partial charge in [0.15, 0.2) is 0 Å². The summed E-state index contributed by atoms with van der Waals surface area (Å²) in [7, 11) is 0. The Labute approximate surface area is 122 Å². The topological polar surface area (TPSA) is 45.2 Å². The first kappa shape index (κ1) is 15.1. The van der Waals surface area contributed by atoms with Crippen molar-refractivity contribution in [1.82, 2.24) is 10.3 Å². The number of rotatable bonds is 5. The zero-order chi connectivity index (χ0) is 14.7. The first-order valence-electron chi connectivity index (χ1n) is 6.59. The normalized spacial score (nSPS) is 15.8. The van der Waals surface area contributed by atoms with Crippen LogP contribution in [0.5, 0.6) is 0 Å². The van der Waals surface area contributed by atoms with E-state index < -0.39 is 6.10 Å². The highest BCUT2D eigenvalue weighted by Gasteiger charge is 2.19. The maximum atomic E-state index is 12.9. The molecule has 0 aliphatic carbocycles. The SMILES string of the molecule is Cc1ncc(C(C)NC(C)C(O)c2ccc(F)cc2)s1. The first-order chi connectivity index (χ1) is 9.47. The summed E-state index contributed by atoms with van der Waals surface area (Å²) < 4.78 is 12.9. The lowest BCUT2D eigenvalue weighted by Gasteiger charge is -2.24. The van der Waals surface area contributed by atoms with Crippen LogP contribution in [0.1, 0.15) is 41.4 Å². The van der Waals surface area contributed by atoms with E-state index in [-0.39, 0.29) is 17.9 Å². The number of aliphatic hydroxyl groups excluding tert-OH is 1. The third kappa shape index (κ3) is 3.62. The summed E-state index contributed by atoms with van der Waals surface area (Å²) in [6.45, 7) is 5.93. The highest BCUT2D eigenvalue weighted by molar-refractivity contribution is 7.11. The third-order valence-corrected chi connectivity index (χ3v) is 4.36. The molecular weight excluding hydrogens is 275 g/mol. The van der Waals surface area contributed by atoms with Crippen LogP contribution >= 0.6 is 11.3 Å². The van der Waals surface area contributed by atoms with Crippen LogP contribution in [0.3, 0.4) is 0 Å². The molecule has 0 radical (unpaired) electrons. The highest BCUT2D eigenvalue weighted by atomic mass is 32.1. The number of hydrogen-bond acceptors (Lipinski definition) is 4. The molecule has 0 saturated carbocycles. The van der Waals surface area contributed by atoms with E-state index in [1.807, 2.05) is 27.0 Å². The van der Waals surface area contributed by atoms with Gasteiger partial charge in [0.25, 0.3) is 0 Å². The Hall–Kier alpha value is -1.30. The van der Waals surface area contributed by atoms with E-state index in [0.717, 1.165) is 9.88 Å². The summed E-state index contributed by atoms with van der Waals surface area (Å²) in [5.74, 6) is -0.296. The molecular formula is C15H19FN2OS. The molecule has 0 fully saturated rings. The fourth-order valence-electron chi connectivity index (χ4n) is 2.09. The van der Waals surface area contributed by atoms with Crippen molar-refractivity contribution in [2.24, 2.45) is 0 Å². The molecule has 108 valence electrons. The Morgan fingerprint density at radius 1 is 1.25 bits per heavy atom. The molecule has 0 bridgehead atoms. The zero-order valence-corrected chi connectivity index (χ0v) is 12.6. The van der Waals surface area contributed by atoms with Crippen LogP contribution in [-0.4, -0.2) is 16.1 Å². The molecule has 0 spiro atoms. The van der Waals surface area contributed by atoms with Crippen LogP contribution in [0.25, 0.3) is 0 Å². The van der Waals surface area contributed by atoms with Crippen molar-refractivity contribution in [3.63, 3.8) is 0 Å². The molecule has 5 heteroatoms. The van der Waals surface area contributed by atoms with Crippen LogP contribution in [0.4, 0.5) is 4.39 Å². The minimum atomic E-state index is -0.674. The van der Waals surface area contributed by atoms with Gasteiger partial charge in [0.2, 0.25) is 0 Å². The molecule has 1 heterocycles. The lowest BCUT2D eigenvalue weighted by atomic mass is 10.0. The molecule has 2 rings (SSSR count). The molecule has 1 aromatic carbocycles. The molecule has 2 N–H and O–H groups in total. The van der Waals surface area contributed by atoms with Crippen LogP contribution in [-0.2, 0) is 0 Å². The van der Waals surface area contributed by atoms with E-state index in [1.54, 1.807) is 23.5 Å². The summed E-state index contributed by atoms with van der Waals surface area (Å²) in [6.07, 6.45) is 1.18. The number of hydrogen-bond donors (Lipinski definition) is 2. The predicted molar refractivity (Wildman–Crippen MR) is 79.2 cm³/mol. The molecule has 2 aromatic rings. The Morgan fingerprint density at radius 2 is 1.90 bits per heavy atom. The van der Waals surface area contributed by atoms with Crippen molar-refractivity contribution < 1.29 is 9.50 Å². The number of nitrogens with zero attached hydrogens (tertiary/aromatic N) is 1. The van der Waals surface area contributed by atoms with Crippen LogP contribution in [0, 0.1) is 12.7 Å². The number of aliphatic hydroxyl groups is 1. The van der Waals surface area contributed by atoms with E-state index in [4.69, 9.17) is 0 Å². The van der Waals surface area contributed by atoms with Crippen molar-refractivity contribution in [2.45, 2.75) is 39.0 Å². The molecule has 20 heavy (non-hydrogen) atoms. The Kier molecular flexibility index (Phi) is 4.86. The van der Waals surface area contributed by atoms with Gasteiger partial charge in [0.1, 0.15) is 5.82 Å². The van der Waals surface area contributed by atoms with Gasteiger partial charge in [0, 0.05) is 23.2 Å². The standard InChI is InChI=1S/C15H19FN2OS/c1-9(14-8-17-11(3)20-14)18-10(2)15(19)12-4-6-13(16)7-5-12/h4-10,15,18-19H,1-3H3. The van der Waals surface area contributed by atoms with Crippen LogP contribution < -0.4 is 5.32 Å². The van der Waals surface area contributed by atoms with Gasteiger partial charge >= 0.3 is 0 Å². The molecule has 0 aliphatic rings. The van der Waals surface area contributed by atoms with Gasteiger partial charge in [-0.15, -0.1) is 11.3 Å². The number of aromatic nitrogens is 1. The third-order valence-electron chi connectivity index (χ3n) is 3.26. The van der Waals surface area contributed by atoms with Crippen molar-refractivity contribution >= 4 is 11.3 Å². The lowest BCUT2D eigenvalue weighted by molar-refractivity contribution is 0.131. The van der Waals surface area contributed by atoms with E-state index in [1.165, 1.54) is 12.1 Å². The molecule has 0 amide bonds. The monoisotopic (exact) mass is 294 g/mol. The van der Waals surface area contributed by atoms with Gasteiger partial charge in [-0.2, -0.15) is 0 Å². The van der Waals surface area contributed by atoms with Crippen molar-refractivity contribution in [3.05, 3.63) is 51.7 Å². The minimum absolute atomic E-state index is 0.117. The van der Waals surface area contributed by atoms with E-state index in [2.05, 4.69) is 10.3 Å². The second-order valence-corrected chi connectivity index (χ2v) is 6.22. The van der Waals surface area contributed by atoms with Crippen molar-refractivity contribution in [2.75, 3.05) is 0 Å². The summed E-state index contributed by atoms with van der Waals surface area (Å²) in [4.78, 5) is 5.37. The van der Waals surface area contributed by atoms with Gasteiger partial charge in [0.05, 0.1) is 11.1 Å². The molecule has 0 aliphatic heterocycles. The Morgan fingerprint density at radius 3 is 2.45 bits per heavy atom.